The molecule has 0 spiro atoms. The summed E-state index contributed by atoms with van der Waals surface area (Å²) < 4.78 is 5.75. The highest BCUT2D eigenvalue weighted by atomic mass is 16.5. The Labute approximate surface area is 141 Å². The summed E-state index contributed by atoms with van der Waals surface area (Å²) in [4.78, 5) is 11.5. The number of carbonyl (C=O) groups excluding carboxylic acids is 1. The molecule has 2 nitrogen and oxygen atoms in total. The van der Waals surface area contributed by atoms with E-state index in [0.717, 1.165) is 30.1 Å². The molecule has 23 heavy (non-hydrogen) atoms. The summed E-state index contributed by atoms with van der Waals surface area (Å²) in [6.07, 6.45) is 15.4. The van der Waals surface area contributed by atoms with Gasteiger partial charge in [-0.3, -0.25) is 4.79 Å². The van der Waals surface area contributed by atoms with Crippen molar-refractivity contribution in [2.45, 2.75) is 78.2 Å². The Kier molecular flexibility index (Phi) is 3.66. The van der Waals surface area contributed by atoms with Crippen LogP contribution in [0, 0.1) is 34.5 Å². The summed E-state index contributed by atoms with van der Waals surface area (Å²) in [7, 11) is 0. The molecular weight excluding hydrogens is 284 g/mol. The van der Waals surface area contributed by atoms with Crippen molar-refractivity contribution in [3.8, 4) is 0 Å². The minimum absolute atomic E-state index is 0.0907. The van der Waals surface area contributed by atoms with Gasteiger partial charge in [-0.1, -0.05) is 26.0 Å². The van der Waals surface area contributed by atoms with Crippen LogP contribution in [0.1, 0.15) is 72.1 Å². The predicted molar refractivity (Wildman–Crippen MR) is 91.8 cm³/mol. The van der Waals surface area contributed by atoms with Crippen LogP contribution in [0.3, 0.4) is 0 Å². The fourth-order valence-corrected chi connectivity index (χ4v) is 7.18. The summed E-state index contributed by atoms with van der Waals surface area (Å²) >= 11 is 0. The highest BCUT2D eigenvalue weighted by molar-refractivity contribution is 5.66. The summed E-state index contributed by atoms with van der Waals surface area (Å²) in [6.45, 7) is 6.58. The number of fused-ring (bicyclic) bond motifs is 5. The molecule has 3 fully saturated rings. The Morgan fingerprint density at radius 3 is 2.57 bits per heavy atom. The number of carbonyl (C=O) groups is 1. The Morgan fingerprint density at radius 1 is 1.00 bits per heavy atom. The summed E-state index contributed by atoms with van der Waals surface area (Å²) in [6, 6.07) is 0. The van der Waals surface area contributed by atoms with Gasteiger partial charge in [-0.15, -0.1) is 0 Å². The Balaban J connectivity index is 1.60. The molecule has 3 saturated carbocycles. The van der Waals surface area contributed by atoms with E-state index < -0.39 is 0 Å². The van der Waals surface area contributed by atoms with Gasteiger partial charge in [0.05, 0.1) is 0 Å². The molecule has 4 aliphatic rings. The molecule has 4 aliphatic carbocycles. The molecule has 128 valence electrons. The van der Waals surface area contributed by atoms with Crippen LogP contribution in [0.2, 0.25) is 0 Å². The van der Waals surface area contributed by atoms with E-state index in [0.29, 0.717) is 5.41 Å². The van der Waals surface area contributed by atoms with Gasteiger partial charge in [0, 0.05) is 12.3 Å². The normalized spacial score (nSPS) is 51.5. The first-order chi connectivity index (χ1) is 10.9. The number of ether oxygens (including phenoxy) is 1. The summed E-state index contributed by atoms with van der Waals surface area (Å²) in [5.41, 5.74) is 0.763. The molecule has 0 radical (unpaired) electrons. The second-order valence-corrected chi connectivity index (χ2v) is 9.29. The summed E-state index contributed by atoms with van der Waals surface area (Å²) in [5.74, 6) is 3.34. The van der Waals surface area contributed by atoms with Crippen LogP contribution in [0.15, 0.2) is 12.2 Å². The molecular formula is C21H32O2. The molecule has 0 saturated heterocycles. The van der Waals surface area contributed by atoms with E-state index in [4.69, 9.17) is 4.74 Å². The number of hydrogen-bond donors (Lipinski definition) is 0. The molecule has 0 bridgehead atoms. The van der Waals surface area contributed by atoms with E-state index in [9.17, 15) is 4.79 Å². The van der Waals surface area contributed by atoms with Crippen LogP contribution < -0.4 is 0 Å². The molecule has 0 unspecified atom stereocenters. The molecule has 0 N–H and O–H groups in total. The van der Waals surface area contributed by atoms with E-state index in [2.05, 4.69) is 26.0 Å². The lowest BCUT2D eigenvalue weighted by Gasteiger charge is -2.59. The zero-order chi connectivity index (χ0) is 16.2. The lowest BCUT2D eigenvalue weighted by atomic mass is 9.46. The van der Waals surface area contributed by atoms with E-state index in [1.807, 2.05) is 0 Å². The van der Waals surface area contributed by atoms with E-state index in [1.165, 1.54) is 44.9 Å². The van der Waals surface area contributed by atoms with E-state index in [-0.39, 0.29) is 17.5 Å². The van der Waals surface area contributed by atoms with Crippen molar-refractivity contribution in [2.24, 2.45) is 34.5 Å². The van der Waals surface area contributed by atoms with Gasteiger partial charge in [0.25, 0.3) is 0 Å². The van der Waals surface area contributed by atoms with Crippen LogP contribution in [0.4, 0.5) is 0 Å². The highest BCUT2D eigenvalue weighted by Crippen LogP contribution is 2.65. The van der Waals surface area contributed by atoms with Gasteiger partial charge in [0.1, 0.15) is 6.10 Å². The number of allylic oxidation sites excluding steroid dienone is 2. The van der Waals surface area contributed by atoms with Crippen LogP contribution in [-0.4, -0.2) is 12.1 Å². The van der Waals surface area contributed by atoms with Crippen molar-refractivity contribution in [1.82, 2.24) is 0 Å². The fourth-order valence-electron chi connectivity index (χ4n) is 7.18. The van der Waals surface area contributed by atoms with Gasteiger partial charge in [-0.05, 0) is 80.5 Å². The molecule has 0 aliphatic heterocycles. The second kappa shape index (κ2) is 5.36. The number of rotatable bonds is 1. The zero-order valence-electron chi connectivity index (χ0n) is 15.0. The van der Waals surface area contributed by atoms with Crippen molar-refractivity contribution < 1.29 is 9.53 Å². The van der Waals surface area contributed by atoms with Gasteiger partial charge >= 0.3 is 5.97 Å². The molecule has 0 aromatic carbocycles. The standard InChI is InChI=1S/C21H32O2/c1-14(22)23-19-10-9-17-16-8-7-15-6-4-5-12-20(15,2)18(16)11-13-21(17,19)3/h4-5,15-19H,6-13H2,1-3H3/t15-,16-,17-,18+,19+,20+,21+/m1/s1. The summed E-state index contributed by atoms with van der Waals surface area (Å²) in [5, 5.41) is 0. The third kappa shape index (κ3) is 2.23. The van der Waals surface area contributed by atoms with E-state index >= 15 is 0 Å². The van der Waals surface area contributed by atoms with Crippen molar-refractivity contribution in [2.75, 3.05) is 0 Å². The van der Waals surface area contributed by atoms with Crippen LogP contribution in [0.5, 0.6) is 0 Å². The molecule has 4 rings (SSSR count). The van der Waals surface area contributed by atoms with Gasteiger partial charge in [0.2, 0.25) is 0 Å². The second-order valence-electron chi connectivity index (χ2n) is 9.29. The monoisotopic (exact) mass is 316 g/mol. The van der Waals surface area contributed by atoms with Crippen LogP contribution >= 0.6 is 0 Å². The average molecular weight is 316 g/mol. The lowest BCUT2D eigenvalue weighted by Crippen LogP contribution is -2.53. The van der Waals surface area contributed by atoms with Gasteiger partial charge < -0.3 is 4.74 Å². The predicted octanol–water partition coefficient (Wildman–Crippen LogP) is 5.13. The molecule has 0 aromatic rings. The molecule has 7 atom stereocenters. The van der Waals surface area contributed by atoms with Crippen molar-refractivity contribution in [1.29, 1.82) is 0 Å². The molecule has 2 heteroatoms. The first-order valence-corrected chi connectivity index (χ1v) is 9.77. The quantitative estimate of drug-likeness (QED) is 0.495. The molecule has 0 heterocycles. The smallest absolute Gasteiger partial charge is 0.302 e. The molecule has 0 amide bonds. The number of esters is 1. The Hall–Kier alpha value is -0.790. The fraction of sp³-hybridized carbons (Fsp3) is 0.857. The maximum absolute atomic E-state index is 11.5. The van der Waals surface area contributed by atoms with Crippen molar-refractivity contribution >= 4 is 5.97 Å². The first-order valence-electron chi connectivity index (χ1n) is 9.77. The van der Waals surface area contributed by atoms with Gasteiger partial charge in [-0.2, -0.15) is 0 Å². The third-order valence-corrected chi connectivity index (χ3v) is 8.43. The van der Waals surface area contributed by atoms with Gasteiger partial charge in [0.15, 0.2) is 0 Å². The number of hydrogen-bond acceptors (Lipinski definition) is 2. The van der Waals surface area contributed by atoms with Crippen molar-refractivity contribution in [3.63, 3.8) is 0 Å². The van der Waals surface area contributed by atoms with Crippen LogP contribution in [-0.2, 0) is 9.53 Å². The topological polar surface area (TPSA) is 26.3 Å². The average Bonchev–Trinajstić information content (AvgIpc) is 2.83. The minimum atomic E-state index is -0.0907. The maximum atomic E-state index is 11.5. The van der Waals surface area contributed by atoms with Crippen LogP contribution in [0.25, 0.3) is 0 Å². The van der Waals surface area contributed by atoms with Gasteiger partial charge in [-0.25, -0.2) is 0 Å². The molecule has 0 aromatic heterocycles. The van der Waals surface area contributed by atoms with Crippen molar-refractivity contribution in [3.05, 3.63) is 12.2 Å². The Morgan fingerprint density at radius 2 is 1.78 bits per heavy atom. The minimum Gasteiger partial charge on any atom is -0.462 e. The SMILES string of the molecule is CC(=O)O[C@H]1CC[C@@H]2[C@H]3CC[C@H]4CC=CC[C@]4(C)[C@H]3CC[C@]12C. The third-order valence-electron chi connectivity index (χ3n) is 8.43. The highest BCUT2D eigenvalue weighted by Gasteiger charge is 2.60. The zero-order valence-corrected chi connectivity index (χ0v) is 15.0. The Bertz CT molecular complexity index is 524. The van der Waals surface area contributed by atoms with E-state index in [1.54, 1.807) is 6.92 Å². The first kappa shape index (κ1) is 15.7. The lowest BCUT2D eigenvalue weighted by molar-refractivity contribution is -0.159. The largest absolute Gasteiger partial charge is 0.462 e. The maximum Gasteiger partial charge on any atom is 0.302 e.